The van der Waals surface area contributed by atoms with Gasteiger partial charge in [-0.05, 0) is 19.4 Å². The lowest BCUT2D eigenvalue weighted by molar-refractivity contribution is -0.160. The molecule has 1 N–H and O–H groups in total. The van der Waals surface area contributed by atoms with Crippen LogP contribution >= 0.6 is 11.3 Å². The van der Waals surface area contributed by atoms with E-state index >= 15 is 0 Å². The number of benzene rings is 1. The fraction of sp³-hybridized carbons (Fsp3) is 0.353. The number of carbonyl (C=O) groups excluding carboxylic acids is 2. The molecule has 3 rings (SSSR count). The van der Waals surface area contributed by atoms with Gasteiger partial charge in [0, 0.05) is 18.1 Å². The maximum absolute atomic E-state index is 12.7. The van der Waals surface area contributed by atoms with Crippen molar-refractivity contribution in [1.29, 1.82) is 0 Å². The molecular weight excluding hydrogens is 326 g/mol. The lowest BCUT2D eigenvalue weighted by Crippen LogP contribution is -2.51. The lowest BCUT2D eigenvalue weighted by Gasteiger charge is -2.38. The van der Waals surface area contributed by atoms with Gasteiger partial charge in [-0.15, -0.1) is 11.3 Å². The van der Waals surface area contributed by atoms with E-state index in [1.807, 2.05) is 38.1 Å². The number of likely N-dealkylation sites (N-methyl/N-ethyl adjacent to an activating group) is 1. The quantitative estimate of drug-likeness (QED) is 0.926. The van der Waals surface area contributed by atoms with Gasteiger partial charge in [0.05, 0.1) is 6.04 Å². The van der Waals surface area contributed by atoms with Gasteiger partial charge in [0.2, 0.25) is 5.91 Å². The molecule has 1 saturated heterocycles. The first-order valence-electron chi connectivity index (χ1n) is 7.63. The van der Waals surface area contributed by atoms with Crippen molar-refractivity contribution in [3.05, 3.63) is 46.5 Å². The predicted octanol–water partition coefficient (Wildman–Crippen LogP) is 2.30. The SMILES string of the molecule is Cc1ccc([C@@H]2[C@H](C(=O)Nc3ncc(C)s3)OCC(=O)N2C)cc1. The van der Waals surface area contributed by atoms with Gasteiger partial charge in [-0.3, -0.25) is 14.9 Å². The van der Waals surface area contributed by atoms with Crippen LogP contribution in [0.4, 0.5) is 5.13 Å². The van der Waals surface area contributed by atoms with Gasteiger partial charge in [-0.25, -0.2) is 4.98 Å². The van der Waals surface area contributed by atoms with Crippen LogP contribution in [0.5, 0.6) is 0 Å². The second-order valence-corrected chi connectivity index (χ2v) is 7.09. The van der Waals surface area contributed by atoms with E-state index in [1.54, 1.807) is 18.1 Å². The third-order valence-electron chi connectivity index (χ3n) is 4.01. The van der Waals surface area contributed by atoms with Crippen LogP contribution in [-0.4, -0.2) is 41.5 Å². The highest BCUT2D eigenvalue weighted by Gasteiger charge is 2.40. The number of amides is 2. The number of rotatable bonds is 3. The van der Waals surface area contributed by atoms with Crippen molar-refractivity contribution in [2.75, 3.05) is 19.0 Å². The molecule has 6 nitrogen and oxygen atoms in total. The Labute approximate surface area is 144 Å². The summed E-state index contributed by atoms with van der Waals surface area (Å²) in [6, 6.07) is 7.30. The minimum atomic E-state index is -0.778. The molecule has 0 bridgehead atoms. The smallest absolute Gasteiger partial charge is 0.257 e. The minimum Gasteiger partial charge on any atom is -0.356 e. The summed E-state index contributed by atoms with van der Waals surface area (Å²) in [5.74, 6) is -0.441. The fourth-order valence-electron chi connectivity index (χ4n) is 2.68. The minimum absolute atomic E-state index is 0.103. The third kappa shape index (κ3) is 3.32. The molecule has 1 aliphatic heterocycles. The molecule has 0 radical (unpaired) electrons. The first-order valence-corrected chi connectivity index (χ1v) is 8.44. The van der Waals surface area contributed by atoms with E-state index in [4.69, 9.17) is 4.74 Å². The lowest BCUT2D eigenvalue weighted by atomic mass is 9.97. The standard InChI is InChI=1S/C17H19N3O3S/c1-10-4-6-12(7-5-10)14-15(23-9-13(21)20(14)3)16(22)19-17-18-8-11(2)24-17/h4-8,14-15H,9H2,1-3H3,(H,18,19,22)/t14-,15-/m1/s1. The second-order valence-electron chi connectivity index (χ2n) is 5.86. The second kappa shape index (κ2) is 6.70. The van der Waals surface area contributed by atoms with Crippen LogP contribution in [0, 0.1) is 13.8 Å². The number of anilines is 1. The first-order chi connectivity index (χ1) is 11.5. The van der Waals surface area contributed by atoms with Crippen LogP contribution in [-0.2, 0) is 14.3 Å². The van der Waals surface area contributed by atoms with Crippen LogP contribution in [0.1, 0.15) is 22.0 Å². The average Bonchev–Trinajstić information content (AvgIpc) is 2.96. The van der Waals surface area contributed by atoms with E-state index in [1.165, 1.54) is 11.3 Å². The Morgan fingerprint density at radius 2 is 2.04 bits per heavy atom. The maximum atomic E-state index is 12.7. The normalized spacial score (nSPS) is 21.0. The molecule has 0 unspecified atom stereocenters. The molecule has 126 valence electrons. The Morgan fingerprint density at radius 3 is 2.67 bits per heavy atom. The van der Waals surface area contributed by atoms with E-state index in [0.717, 1.165) is 16.0 Å². The van der Waals surface area contributed by atoms with Gasteiger partial charge in [0.25, 0.3) is 5.91 Å². The Bertz CT molecular complexity index is 757. The van der Waals surface area contributed by atoms with Gasteiger partial charge in [0.15, 0.2) is 11.2 Å². The Balaban J connectivity index is 1.86. The monoisotopic (exact) mass is 345 g/mol. The molecule has 7 heteroatoms. The van der Waals surface area contributed by atoms with Crippen molar-refractivity contribution in [1.82, 2.24) is 9.88 Å². The summed E-state index contributed by atoms with van der Waals surface area (Å²) in [6.45, 7) is 3.81. The number of hydrogen-bond donors (Lipinski definition) is 1. The summed E-state index contributed by atoms with van der Waals surface area (Å²) in [7, 11) is 1.70. The number of nitrogens with zero attached hydrogens (tertiary/aromatic N) is 2. The zero-order chi connectivity index (χ0) is 17.3. The van der Waals surface area contributed by atoms with Crippen LogP contribution in [0.2, 0.25) is 0 Å². The third-order valence-corrected chi connectivity index (χ3v) is 4.84. The summed E-state index contributed by atoms with van der Waals surface area (Å²) < 4.78 is 5.57. The summed E-state index contributed by atoms with van der Waals surface area (Å²) in [6.07, 6.45) is 0.925. The molecule has 0 saturated carbocycles. The van der Waals surface area contributed by atoms with E-state index in [0.29, 0.717) is 5.13 Å². The van der Waals surface area contributed by atoms with E-state index < -0.39 is 12.1 Å². The number of nitrogens with one attached hydrogen (secondary N) is 1. The number of aromatic nitrogens is 1. The molecule has 24 heavy (non-hydrogen) atoms. The van der Waals surface area contributed by atoms with Crippen LogP contribution in [0.25, 0.3) is 0 Å². The van der Waals surface area contributed by atoms with Gasteiger partial charge in [-0.1, -0.05) is 29.8 Å². The zero-order valence-electron chi connectivity index (χ0n) is 13.8. The zero-order valence-corrected chi connectivity index (χ0v) is 14.6. The predicted molar refractivity (Wildman–Crippen MR) is 91.9 cm³/mol. The molecule has 1 aliphatic rings. The van der Waals surface area contributed by atoms with Crippen molar-refractivity contribution in [2.24, 2.45) is 0 Å². The molecule has 0 spiro atoms. The molecule has 2 atom stereocenters. The van der Waals surface area contributed by atoms with Crippen molar-refractivity contribution in [3.63, 3.8) is 0 Å². The summed E-state index contributed by atoms with van der Waals surface area (Å²) in [5, 5.41) is 3.32. The number of ether oxygens (including phenoxy) is 1. The molecule has 2 heterocycles. The fourth-order valence-corrected chi connectivity index (χ4v) is 3.35. The number of aryl methyl sites for hydroxylation is 2. The Hall–Kier alpha value is -2.25. The van der Waals surface area contributed by atoms with E-state index in [2.05, 4.69) is 10.3 Å². The highest BCUT2D eigenvalue weighted by atomic mass is 32.1. The largest absolute Gasteiger partial charge is 0.356 e. The van der Waals surface area contributed by atoms with Crippen molar-refractivity contribution >= 4 is 28.3 Å². The molecule has 2 aromatic rings. The molecule has 1 fully saturated rings. The number of morpholine rings is 1. The highest BCUT2D eigenvalue weighted by molar-refractivity contribution is 7.15. The van der Waals surface area contributed by atoms with Crippen LogP contribution in [0.15, 0.2) is 30.5 Å². The summed E-state index contributed by atoms with van der Waals surface area (Å²) in [5.41, 5.74) is 1.98. The van der Waals surface area contributed by atoms with E-state index in [9.17, 15) is 9.59 Å². The van der Waals surface area contributed by atoms with Gasteiger partial charge < -0.3 is 9.64 Å². The number of carbonyl (C=O) groups is 2. The van der Waals surface area contributed by atoms with Crippen molar-refractivity contribution in [3.8, 4) is 0 Å². The number of hydrogen-bond acceptors (Lipinski definition) is 5. The first kappa shape index (κ1) is 16.6. The number of thiazole rings is 1. The van der Waals surface area contributed by atoms with Crippen molar-refractivity contribution in [2.45, 2.75) is 26.0 Å². The van der Waals surface area contributed by atoms with Gasteiger partial charge in [-0.2, -0.15) is 0 Å². The molecule has 1 aromatic heterocycles. The molecule has 2 amide bonds. The van der Waals surface area contributed by atoms with Crippen molar-refractivity contribution < 1.29 is 14.3 Å². The average molecular weight is 345 g/mol. The molecular formula is C17H19N3O3S. The molecule has 1 aromatic carbocycles. The highest BCUT2D eigenvalue weighted by Crippen LogP contribution is 2.30. The van der Waals surface area contributed by atoms with Crippen LogP contribution < -0.4 is 5.32 Å². The molecule has 0 aliphatic carbocycles. The summed E-state index contributed by atoms with van der Waals surface area (Å²) in [4.78, 5) is 31.4. The summed E-state index contributed by atoms with van der Waals surface area (Å²) >= 11 is 1.40. The van der Waals surface area contributed by atoms with Gasteiger partial charge in [0.1, 0.15) is 6.61 Å². The Kier molecular flexibility index (Phi) is 4.64. The van der Waals surface area contributed by atoms with Crippen LogP contribution in [0.3, 0.4) is 0 Å². The van der Waals surface area contributed by atoms with Gasteiger partial charge >= 0.3 is 0 Å². The Morgan fingerprint density at radius 1 is 1.33 bits per heavy atom. The van der Waals surface area contributed by atoms with E-state index in [-0.39, 0.29) is 18.4 Å². The topological polar surface area (TPSA) is 71.5 Å². The maximum Gasteiger partial charge on any atom is 0.257 e.